The first-order valence-electron chi connectivity index (χ1n) is 8.38. The molecule has 3 N–H and O–H groups in total. The zero-order valence-corrected chi connectivity index (χ0v) is 15.8. The number of nitrogens with two attached hydrogens (primary N) is 1. The number of fused-ring (bicyclic) bond motifs is 1. The van der Waals surface area contributed by atoms with Crippen molar-refractivity contribution >= 4 is 28.4 Å². The van der Waals surface area contributed by atoms with E-state index in [0.717, 1.165) is 16.5 Å². The number of Topliss-reactive ketones (excluding diaryl/α,β-unsaturated/α-hetero) is 1. The van der Waals surface area contributed by atoms with Crippen LogP contribution in [-0.4, -0.2) is 32.1 Å². The topological polar surface area (TPSA) is 86.6 Å². The Hall–Kier alpha value is -3.41. The van der Waals surface area contributed by atoms with Gasteiger partial charge in [-0.1, -0.05) is 0 Å². The van der Waals surface area contributed by atoms with Crippen LogP contribution in [0.25, 0.3) is 17.0 Å². The van der Waals surface area contributed by atoms with Gasteiger partial charge in [0.2, 0.25) is 5.75 Å². The summed E-state index contributed by atoms with van der Waals surface area (Å²) in [6.45, 7) is 1.77. The quantitative estimate of drug-likeness (QED) is 0.390. The summed E-state index contributed by atoms with van der Waals surface area (Å²) in [7, 11) is 4.56. The lowest BCUT2D eigenvalue weighted by Crippen LogP contribution is -2.03. The molecular weight excluding hydrogens is 344 g/mol. The molecular formula is C21H22N2O4. The van der Waals surface area contributed by atoms with Gasteiger partial charge in [-0.2, -0.15) is 0 Å². The second-order valence-corrected chi connectivity index (χ2v) is 6.12. The van der Waals surface area contributed by atoms with Gasteiger partial charge in [0.1, 0.15) is 0 Å². The molecule has 1 aromatic heterocycles. The predicted octanol–water partition coefficient (Wildman–Crippen LogP) is 4.06. The molecule has 0 bridgehead atoms. The number of hydrogen-bond acceptors (Lipinski definition) is 5. The van der Waals surface area contributed by atoms with Crippen LogP contribution in [0.2, 0.25) is 0 Å². The van der Waals surface area contributed by atoms with Crippen molar-refractivity contribution in [2.45, 2.75) is 6.92 Å². The summed E-state index contributed by atoms with van der Waals surface area (Å²) in [5.41, 5.74) is 9.45. The molecule has 3 rings (SSSR count). The molecule has 0 aliphatic carbocycles. The van der Waals surface area contributed by atoms with Crippen LogP contribution in [0, 0.1) is 0 Å². The minimum Gasteiger partial charge on any atom is -0.493 e. The minimum atomic E-state index is -0.132. The lowest BCUT2D eigenvalue weighted by Gasteiger charge is -2.13. The number of benzene rings is 2. The van der Waals surface area contributed by atoms with Gasteiger partial charge in [-0.05, 0) is 48.9 Å². The Balaban J connectivity index is 2.02. The van der Waals surface area contributed by atoms with Gasteiger partial charge in [-0.15, -0.1) is 0 Å². The standard InChI is InChI=1S/C21H22N2O4/c1-12(7-14-11-23-17-6-5-15(22)10-16(14)17)20(24)13-8-18(25-2)21(27-4)19(9-13)26-3/h5-11,23H,22H2,1-4H3/b12-7+. The molecule has 0 fully saturated rings. The maximum absolute atomic E-state index is 13.0. The van der Waals surface area contributed by atoms with Gasteiger partial charge in [0, 0.05) is 33.9 Å². The van der Waals surface area contributed by atoms with Crippen molar-refractivity contribution in [2.24, 2.45) is 0 Å². The molecule has 0 amide bonds. The number of carbonyl (C=O) groups is 1. The highest BCUT2D eigenvalue weighted by Gasteiger charge is 2.18. The van der Waals surface area contributed by atoms with Crippen molar-refractivity contribution in [1.29, 1.82) is 0 Å². The number of rotatable bonds is 6. The zero-order valence-electron chi connectivity index (χ0n) is 15.8. The lowest BCUT2D eigenvalue weighted by atomic mass is 10.0. The van der Waals surface area contributed by atoms with Crippen LogP contribution in [0.3, 0.4) is 0 Å². The van der Waals surface area contributed by atoms with E-state index >= 15 is 0 Å². The first kappa shape index (κ1) is 18.4. The summed E-state index contributed by atoms with van der Waals surface area (Å²) in [4.78, 5) is 16.1. The number of ketones is 1. The molecule has 0 atom stereocenters. The number of hydrogen-bond donors (Lipinski definition) is 2. The van der Waals surface area contributed by atoms with Gasteiger partial charge in [-0.3, -0.25) is 4.79 Å². The maximum Gasteiger partial charge on any atom is 0.203 e. The molecule has 0 radical (unpaired) electrons. The monoisotopic (exact) mass is 366 g/mol. The van der Waals surface area contributed by atoms with Crippen molar-refractivity contribution in [2.75, 3.05) is 27.1 Å². The van der Waals surface area contributed by atoms with E-state index in [1.165, 1.54) is 21.3 Å². The summed E-state index contributed by atoms with van der Waals surface area (Å²) in [6, 6.07) is 8.93. The number of carbonyl (C=O) groups excluding carboxylic acids is 1. The Labute approximate surface area is 157 Å². The molecule has 140 valence electrons. The summed E-state index contributed by atoms with van der Waals surface area (Å²) < 4.78 is 16.0. The number of nitrogens with one attached hydrogen (secondary N) is 1. The Morgan fingerprint density at radius 1 is 1.04 bits per heavy atom. The summed E-state index contributed by atoms with van der Waals surface area (Å²) in [5, 5.41) is 0.965. The summed E-state index contributed by atoms with van der Waals surface area (Å²) in [6.07, 6.45) is 3.69. The molecule has 0 aliphatic rings. The molecule has 0 unspecified atom stereocenters. The van der Waals surface area contributed by atoms with Gasteiger partial charge in [-0.25, -0.2) is 0 Å². The Morgan fingerprint density at radius 2 is 1.70 bits per heavy atom. The van der Waals surface area contributed by atoms with E-state index in [9.17, 15) is 4.79 Å². The molecule has 0 aliphatic heterocycles. The van der Waals surface area contributed by atoms with Crippen molar-refractivity contribution in [3.05, 3.63) is 53.2 Å². The third-order valence-electron chi connectivity index (χ3n) is 4.39. The van der Waals surface area contributed by atoms with Gasteiger partial charge in [0.25, 0.3) is 0 Å². The second-order valence-electron chi connectivity index (χ2n) is 6.12. The van der Waals surface area contributed by atoms with E-state index in [-0.39, 0.29) is 5.78 Å². The van der Waals surface area contributed by atoms with Crippen LogP contribution >= 0.6 is 0 Å². The van der Waals surface area contributed by atoms with E-state index in [2.05, 4.69) is 4.98 Å². The lowest BCUT2D eigenvalue weighted by molar-refractivity contribution is 0.103. The average molecular weight is 366 g/mol. The Bertz CT molecular complexity index is 1010. The van der Waals surface area contributed by atoms with E-state index < -0.39 is 0 Å². The first-order chi connectivity index (χ1) is 13.0. The molecule has 6 heteroatoms. The van der Waals surface area contributed by atoms with Crippen molar-refractivity contribution in [3.8, 4) is 17.2 Å². The third-order valence-corrected chi connectivity index (χ3v) is 4.39. The van der Waals surface area contributed by atoms with Crippen LogP contribution in [0.1, 0.15) is 22.8 Å². The van der Waals surface area contributed by atoms with E-state index in [1.807, 2.05) is 30.5 Å². The number of nitrogen functional groups attached to an aromatic ring is 1. The Kier molecular flexibility index (Phi) is 5.07. The molecule has 0 saturated heterocycles. The SMILES string of the molecule is COc1cc(C(=O)/C(C)=C/c2c[nH]c3ccc(N)cc23)cc(OC)c1OC. The largest absolute Gasteiger partial charge is 0.493 e. The molecule has 27 heavy (non-hydrogen) atoms. The van der Waals surface area contributed by atoms with Gasteiger partial charge in [0.15, 0.2) is 17.3 Å². The second kappa shape index (κ2) is 7.45. The number of H-pyrrole nitrogens is 1. The fourth-order valence-electron chi connectivity index (χ4n) is 3.02. The van der Waals surface area contributed by atoms with Crippen molar-refractivity contribution < 1.29 is 19.0 Å². The summed E-state index contributed by atoms with van der Waals surface area (Å²) in [5.74, 6) is 1.19. The number of methoxy groups -OCH3 is 3. The Morgan fingerprint density at radius 3 is 2.30 bits per heavy atom. The van der Waals surface area contributed by atoms with Crippen LogP contribution < -0.4 is 19.9 Å². The molecule has 2 aromatic carbocycles. The van der Waals surface area contributed by atoms with Crippen LogP contribution in [0.15, 0.2) is 42.1 Å². The minimum absolute atomic E-state index is 0.132. The number of anilines is 1. The first-order valence-corrected chi connectivity index (χ1v) is 8.38. The third kappa shape index (κ3) is 3.46. The highest BCUT2D eigenvalue weighted by molar-refractivity contribution is 6.12. The van der Waals surface area contributed by atoms with Gasteiger partial charge in [0.05, 0.1) is 21.3 Å². The van der Waals surface area contributed by atoms with Crippen LogP contribution in [0.4, 0.5) is 5.69 Å². The van der Waals surface area contributed by atoms with E-state index in [4.69, 9.17) is 19.9 Å². The maximum atomic E-state index is 13.0. The van der Waals surface area contributed by atoms with Gasteiger partial charge >= 0.3 is 0 Å². The molecule has 0 spiro atoms. The zero-order chi connectivity index (χ0) is 19.6. The molecule has 3 aromatic rings. The fraction of sp³-hybridized carbons (Fsp3) is 0.190. The van der Waals surface area contributed by atoms with Crippen LogP contribution in [0.5, 0.6) is 17.2 Å². The number of aromatic nitrogens is 1. The highest BCUT2D eigenvalue weighted by Crippen LogP contribution is 2.38. The predicted molar refractivity (Wildman–Crippen MR) is 107 cm³/mol. The van der Waals surface area contributed by atoms with E-state index in [0.29, 0.717) is 34.1 Å². The summed E-state index contributed by atoms with van der Waals surface area (Å²) >= 11 is 0. The van der Waals surface area contributed by atoms with Crippen LogP contribution in [-0.2, 0) is 0 Å². The normalized spacial score (nSPS) is 11.5. The van der Waals surface area contributed by atoms with Gasteiger partial charge < -0.3 is 24.9 Å². The molecule has 0 saturated carbocycles. The average Bonchev–Trinajstić information content (AvgIpc) is 3.07. The smallest absolute Gasteiger partial charge is 0.203 e. The number of ether oxygens (including phenoxy) is 3. The number of allylic oxidation sites excluding steroid dienone is 1. The van der Waals surface area contributed by atoms with Crippen molar-refractivity contribution in [3.63, 3.8) is 0 Å². The number of aromatic amines is 1. The molecule has 1 heterocycles. The fourth-order valence-corrected chi connectivity index (χ4v) is 3.02. The molecule has 6 nitrogen and oxygen atoms in total. The van der Waals surface area contributed by atoms with E-state index in [1.54, 1.807) is 19.1 Å². The van der Waals surface area contributed by atoms with Crippen molar-refractivity contribution in [1.82, 2.24) is 4.98 Å². The highest BCUT2D eigenvalue weighted by atomic mass is 16.5.